The number of aliphatic hydroxyl groups is 1. The fourth-order valence-corrected chi connectivity index (χ4v) is 0.228. The molecule has 8 heavy (non-hydrogen) atoms. The number of hydroxylamine groups is 1. The van der Waals surface area contributed by atoms with Gasteiger partial charge in [0.25, 0.3) is 0 Å². The fraction of sp³-hybridized carbons (Fsp3) is 1.00. The molecule has 0 bridgehead atoms. The van der Waals surface area contributed by atoms with E-state index in [1.807, 2.05) is 0 Å². The maximum Gasteiger partial charge on any atom is 0.186 e. The monoisotopic (exact) mass is 120 g/mol. The molecule has 0 fully saturated rings. The Labute approximate surface area is 46.6 Å². The van der Waals surface area contributed by atoms with Gasteiger partial charge in [-0.15, -0.1) is 4.91 Å². The van der Waals surface area contributed by atoms with Gasteiger partial charge in [0.2, 0.25) is 0 Å². The molecule has 0 rings (SSSR count). The highest BCUT2D eigenvalue weighted by molar-refractivity contribution is 4.52. The zero-order valence-electron chi connectivity index (χ0n) is 4.50. The second kappa shape index (κ2) is 4.63. The smallest absolute Gasteiger partial charge is 0.186 e. The first-order chi connectivity index (χ1) is 3.85. The highest BCUT2D eigenvalue weighted by Crippen LogP contribution is 1.79. The van der Waals surface area contributed by atoms with E-state index in [0.717, 1.165) is 0 Å². The lowest BCUT2D eigenvalue weighted by Crippen LogP contribution is -2.28. The molecule has 0 aromatic rings. The van der Waals surface area contributed by atoms with Crippen LogP contribution in [-0.4, -0.2) is 25.0 Å². The van der Waals surface area contributed by atoms with Crippen LogP contribution < -0.4 is 5.48 Å². The maximum atomic E-state index is 9.57. The molecule has 5 heteroatoms. The third-order valence-electron chi connectivity index (χ3n) is 0.554. The number of rotatable bonds is 4. The Morgan fingerprint density at radius 2 is 2.62 bits per heavy atom. The van der Waals surface area contributed by atoms with Crippen LogP contribution in [0.15, 0.2) is 5.18 Å². The van der Waals surface area contributed by atoms with Gasteiger partial charge in [-0.25, -0.2) is 0 Å². The Bertz CT molecular complexity index is 67.5. The summed E-state index contributed by atoms with van der Waals surface area (Å²) in [6.07, 6.45) is -0.847. The molecule has 0 aromatic carbocycles. The molecule has 0 saturated heterocycles. The molecule has 0 saturated carbocycles. The van der Waals surface area contributed by atoms with Crippen LogP contribution in [0.2, 0.25) is 0 Å². The average molecular weight is 120 g/mol. The van der Waals surface area contributed by atoms with Gasteiger partial charge in [0.15, 0.2) is 6.17 Å². The minimum Gasteiger partial charge on any atom is -0.393 e. The summed E-state index contributed by atoms with van der Waals surface area (Å²) < 4.78 is 0. The first kappa shape index (κ1) is 7.48. The van der Waals surface area contributed by atoms with E-state index in [-0.39, 0.29) is 6.61 Å². The quantitative estimate of drug-likeness (QED) is 0.377. The molecule has 0 spiro atoms. The van der Waals surface area contributed by atoms with Crippen LogP contribution in [0.3, 0.4) is 0 Å². The van der Waals surface area contributed by atoms with Crippen molar-refractivity contribution in [1.82, 2.24) is 5.48 Å². The topological polar surface area (TPSA) is 70.9 Å². The Hall–Kier alpha value is -0.520. The lowest BCUT2D eigenvalue weighted by atomic mass is 10.6. The predicted octanol–water partition coefficient (Wildman–Crippen LogP) is -0.778. The molecule has 0 radical (unpaired) electrons. The normalized spacial score (nSPS) is 13.2. The predicted molar refractivity (Wildman–Crippen MR) is 26.8 cm³/mol. The van der Waals surface area contributed by atoms with Gasteiger partial charge in [0.1, 0.15) is 0 Å². The summed E-state index contributed by atoms with van der Waals surface area (Å²) in [5.74, 6) is 0. The highest BCUT2D eigenvalue weighted by Gasteiger charge is 2.01. The molecule has 0 heterocycles. The van der Waals surface area contributed by atoms with Crippen molar-refractivity contribution in [2.24, 2.45) is 5.18 Å². The molecule has 5 nitrogen and oxygen atoms in total. The van der Waals surface area contributed by atoms with Gasteiger partial charge in [-0.2, -0.15) is 5.48 Å². The van der Waals surface area contributed by atoms with Gasteiger partial charge in [0, 0.05) is 0 Å². The van der Waals surface area contributed by atoms with E-state index in [4.69, 9.17) is 5.11 Å². The molecule has 48 valence electrons. The van der Waals surface area contributed by atoms with E-state index >= 15 is 0 Å². The molecule has 1 atom stereocenters. The minimum atomic E-state index is -0.847. The Morgan fingerprint density at radius 3 is 2.75 bits per heavy atom. The molecule has 0 aliphatic heterocycles. The summed E-state index contributed by atoms with van der Waals surface area (Å²) in [5.41, 5.74) is 2.15. The van der Waals surface area contributed by atoms with Gasteiger partial charge in [0.05, 0.1) is 13.7 Å². The molecular weight excluding hydrogens is 112 g/mol. The summed E-state index contributed by atoms with van der Waals surface area (Å²) in [6.45, 7) is -0.350. The second-order valence-electron chi connectivity index (χ2n) is 1.13. The van der Waals surface area contributed by atoms with Crippen molar-refractivity contribution in [1.29, 1.82) is 0 Å². The van der Waals surface area contributed by atoms with E-state index in [0.29, 0.717) is 0 Å². The van der Waals surface area contributed by atoms with Crippen molar-refractivity contribution in [3.05, 3.63) is 4.91 Å². The number of nitrogens with one attached hydrogen (secondary N) is 1. The van der Waals surface area contributed by atoms with Gasteiger partial charge >= 0.3 is 0 Å². The molecule has 2 N–H and O–H groups in total. The Kier molecular flexibility index (Phi) is 4.33. The van der Waals surface area contributed by atoms with Crippen LogP contribution in [0.4, 0.5) is 0 Å². The number of nitrogens with zero attached hydrogens (tertiary/aromatic N) is 1. The van der Waals surface area contributed by atoms with E-state index < -0.39 is 6.17 Å². The van der Waals surface area contributed by atoms with Crippen molar-refractivity contribution in [2.45, 2.75) is 6.17 Å². The third kappa shape index (κ3) is 2.62. The SMILES string of the molecule is CONC(CO)N=O. The van der Waals surface area contributed by atoms with Gasteiger partial charge < -0.3 is 9.94 Å². The fourth-order valence-electron chi connectivity index (χ4n) is 0.228. The Morgan fingerprint density at radius 1 is 2.00 bits per heavy atom. The van der Waals surface area contributed by atoms with E-state index in [9.17, 15) is 4.91 Å². The minimum absolute atomic E-state index is 0.350. The van der Waals surface area contributed by atoms with E-state index in [1.165, 1.54) is 7.11 Å². The van der Waals surface area contributed by atoms with Crippen LogP contribution >= 0.6 is 0 Å². The molecule has 0 amide bonds. The zero-order valence-corrected chi connectivity index (χ0v) is 4.50. The maximum absolute atomic E-state index is 9.57. The van der Waals surface area contributed by atoms with E-state index in [2.05, 4.69) is 15.5 Å². The van der Waals surface area contributed by atoms with Crippen molar-refractivity contribution < 1.29 is 9.94 Å². The molecular formula is C3H8N2O3. The summed E-state index contributed by atoms with van der Waals surface area (Å²) in [4.78, 5) is 13.9. The number of aliphatic hydroxyl groups excluding tert-OH is 1. The van der Waals surface area contributed by atoms with Crippen molar-refractivity contribution in [3.63, 3.8) is 0 Å². The van der Waals surface area contributed by atoms with Gasteiger partial charge in [-0.3, -0.25) is 0 Å². The van der Waals surface area contributed by atoms with Crippen LogP contribution in [-0.2, 0) is 4.84 Å². The molecule has 0 aliphatic carbocycles. The van der Waals surface area contributed by atoms with E-state index in [1.54, 1.807) is 0 Å². The number of hydrogen-bond donors (Lipinski definition) is 2. The second-order valence-corrected chi connectivity index (χ2v) is 1.13. The first-order valence-electron chi connectivity index (χ1n) is 2.07. The summed E-state index contributed by atoms with van der Waals surface area (Å²) in [6, 6.07) is 0. The molecule has 1 unspecified atom stereocenters. The number of hydrogen-bond acceptors (Lipinski definition) is 5. The van der Waals surface area contributed by atoms with Crippen molar-refractivity contribution in [2.75, 3.05) is 13.7 Å². The highest BCUT2D eigenvalue weighted by atomic mass is 16.6. The summed E-state index contributed by atoms with van der Waals surface area (Å²) >= 11 is 0. The van der Waals surface area contributed by atoms with Crippen LogP contribution in [0, 0.1) is 4.91 Å². The Balaban J connectivity index is 3.21. The van der Waals surface area contributed by atoms with Crippen molar-refractivity contribution >= 4 is 0 Å². The summed E-state index contributed by atoms with van der Waals surface area (Å²) in [5, 5.41) is 10.7. The third-order valence-corrected chi connectivity index (χ3v) is 0.554. The summed E-state index contributed by atoms with van der Waals surface area (Å²) in [7, 11) is 1.34. The molecule has 0 aliphatic rings. The zero-order chi connectivity index (χ0) is 6.41. The largest absolute Gasteiger partial charge is 0.393 e. The van der Waals surface area contributed by atoms with Crippen molar-refractivity contribution in [3.8, 4) is 0 Å². The number of nitroso groups, excluding NO2 is 1. The lowest BCUT2D eigenvalue weighted by molar-refractivity contribution is 0.0426. The first-order valence-corrected chi connectivity index (χ1v) is 2.07. The van der Waals surface area contributed by atoms with Gasteiger partial charge in [-0.1, -0.05) is 0 Å². The van der Waals surface area contributed by atoms with Crippen LogP contribution in [0.5, 0.6) is 0 Å². The molecule has 0 aromatic heterocycles. The van der Waals surface area contributed by atoms with Crippen LogP contribution in [0.1, 0.15) is 0 Å². The average Bonchev–Trinajstić information content (AvgIpc) is 1.83. The van der Waals surface area contributed by atoms with Gasteiger partial charge in [-0.05, 0) is 5.18 Å². The standard InChI is InChI=1S/C3H8N2O3/c1-8-5-3(2-6)4-7/h3,5-6H,2H2,1H3. The van der Waals surface area contributed by atoms with Crippen LogP contribution in [0.25, 0.3) is 0 Å². The lowest BCUT2D eigenvalue weighted by Gasteiger charge is -2.02.